The van der Waals surface area contributed by atoms with Crippen molar-refractivity contribution in [2.24, 2.45) is 5.92 Å². The van der Waals surface area contributed by atoms with E-state index in [0.717, 1.165) is 20.0 Å². The van der Waals surface area contributed by atoms with Crippen LogP contribution in [0.3, 0.4) is 0 Å². The Morgan fingerprint density at radius 2 is 2.07 bits per heavy atom. The normalized spacial score (nSPS) is 14.5. The van der Waals surface area contributed by atoms with Gasteiger partial charge in [0.15, 0.2) is 5.92 Å². The third-order valence-corrected chi connectivity index (χ3v) is 2.39. The first-order valence-electron chi connectivity index (χ1n) is 4.49. The molecule has 0 aliphatic carbocycles. The number of esters is 1. The lowest BCUT2D eigenvalue weighted by Gasteiger charge is -2.15. The first-order valence-corrected chi connectivity index (χ1v) is 4.92. The topological polar surface area (TPSA) is 63.6 Å². The number of hydrogen-bond acceptors (Lipinski definition) is 3. The van der Waals surface area contributed by atoms with Crippen LogP contribution < -0.4 is 0 Å². The highest BCUT2D eigenvalue weighted by molar-refractivity contribution is 6.24. The number of carbonyl (C=O) groups excluding carboxylic acids is 1. The van der Waals surface area contributed by atoms with Gasteiger partial charge in [0.25, 0.3) is 0 Å². The number of hydrogen-bond donors (Lipinski definition) is 1. The predicted octanol–water partition coefficient (Wildman–Crippen LogP) is 1.66. The van der Waals surface area contributed by atoms with Crippen molar-refractivity contribution in [1.29, 1.82) is 0 Å². The van der Waals surface area contributed by atoms with Crippen LogP contribution in [-0.4, -0.2) is 29.5 Å². The molecule has 0 heterocycles. The van der Waals surface area contributed by atoms with Gasteiger partial charge in [0.1, 0.15) is 0 Å². The van der Waals surface area contributed by atoms with E-state index >= 15 is 0 Å². The van der Waals surface area contributed by atoms with Gasteiger partial charge in [-0.25, -0.2) is 0 Å². The molecule has 0 aliphatic heterocycles. The van der Waals surface area contributed by atoms with E-state index in [-0.39, 0.29) is 0 Å². The summed E-state index contributed by atoms with van der Waals surface area (Å²) in [5.41, 5.74) is 0. The highest BCUT2D eigenvalue weighted by Crippen LogP contribution is 2.19. The minimum atomic E-state index is -1.26. The Labute approximate surface area is 88.2 Å². The Kier molecular flexibility index (Phi) is 6.28. The second-order valence-electron chi connectivity index (χ2n) is 3.00. The van der Waals surface area contributed by atoms with Crippen LogP contribution in [0.2, 0.25) is 0 Å². The summed E-state index contributed by atoms with van der Waals surface area (Å²) in [6.45, 7) is 1.97. The average molecular weight is 223 g/mol. The third kappa shape index (κ3) is 3.96. The molecule has 0 amide bonds. The molecule has 0 radical (unpaired) electrons. The number of alkyl halides is 1. The highest BCUT2D eigenvalue weighted by Gasteiger charge is 2.34. The number of carbonyl (C=O) groups is 2. The summed E-state index contributed by atoms with van der Waals surface area (Å²) in [6.07, 6.45) is 2.22. The molecule has 0 fully saturated rings. The molecule has 0 aromatic rings. The molecule has 0 aromatic carbocycles. The summed E-state index contributed by atoms with van der Waals surface area (Å²) < 4.78 is 4.37. The van der Waals surface area contributed by atoms with Crippen LogP contribution in [0, 0.1) is 5.92 Å². The molecule has 82 valence electrons. The standard InChI is InChI=1S/C9H15ClO4/c1-3-4-5-6(10)7(8(11)12)9(13)14-2/h6-7H,3-5H2,1-2H3,(H,11,12). The maximum absolute atomic E-state index is 11.1. The van der Waals surface area contributed by atoms with Crippen molar-refractivity contribution in [2.45, 2.75) is 31.6 Å². The van der Waals surface area contributed by atoms with E-state index in [1.807, 2.05) is 6.92 Å². The second-order valence-corrected chi connectivity index (χ2v) is 3.56. The molecule has 14 heavy (non-hydrogen) atoms. The number of halogens is 1. The van der Waals surface area contributed by atoms with Crippen LogP contribution in [0.5, 0.6) is 0 Å². The fraction of sp³-hybridized carbons (Fsp3) is 0.778. The van der Waals surface area contributed by atoms with Gasteiger partial charge in [-0.05, 0) is 6.42 Å². The fourth-order valence-electron chi connectivity index (χ4n) is 1.10. The van der Waals surface area contributed by atoms with E-state index < -0.39 is 23.2 Å². The van der Waals surface area contributed by atoms with E-state index in [9.17, 15) is 9.59 Å². The quantitative estimate of drug-likeness (QED) is 0.422. The van der Waals surface area contributed by atoms with Crippen molar-refractivity contribution in [3.63, 3.8) is 0 Å². The minimum absolute atomic E-state index is 0.504. The lowest BCUT2D eigenvalue weighted by molar-refractivity contribution is -0.156. The molecule has 0 saturated carbocycles. The molecular formula is C9H15ClO4. The van der Waals surface area contributed by atoms with E-state index in [4.69, 9.17) is 16.7 Å². The van der Waals surface area contributed by atoms with Crippen LogP contribution >= 0.6 is 11.6 Å². The fourth-order valence-corrected chi connectivity index (χ4v) is 1.46. The van der Waals surface area contributed by atoms with Crippen LogP contribution in [0.4, 0.5) is 0 Å². The summed E-state index contributed by atoms with van der Waals surface area (Å²) in [7, 11) is 1.15. The molecule has 0 rings (SSSR count). The van der Waals surface area contributed by atoms with Gasteiger partial charge in [-0.1, -0.05) is 19.8 Å². The highest BCUT2D eigenvalue weighted by atomic mass is 35.5. The Bertz CT molecular complexity index is 205. The zero-order valence-electron chi connectivity index (χ0n) is 8.33. The first kappa shape index (κ1) is 13.2. The number of methoxy groups -OCH3 is 1. The van der Waals surface area contributed by atoms with Gasteiger partial charge in [-0.15, -0.1) is 11.6 Å². The van der Waals surface area contributed by atoms with Gasteiger partial charge in [0.2, 0.25) is 0 Å². The lowest BCUT2D eigenvalue weighted by atomic mass is 10.0. The molecule has 0 aliphatic rings. The van der Waals surface area contributed by atoms with Crippen LogP contribution in [0.1, 0.15) is 26.2 Å². The number of aliphatic carboxylic acids is 1. The Morgan fingerprint density at radius 3 is 2.43 bits per heavy atom. The van der Waals surface area contributed by atoms with Crippen molar-refractivity contribution in [1.82, 2.24) is 0 Å². The summed E-state index contributed by atoms with van der Waals surface area (Å²) >= 11 is 5.81. The summed E-state index contributed by atoms with van der Waals surface area (Å²) in [5.74, 6) is -3.27. The van der Waals surface area contributed by atoms with Gasteiger partial charge in [0, 0.05) is 0 Å². The molecule has 0 spiro atoms. The van der Waals surface area contributed by atoms with Crippen LogP contribution in [-0.2, 0) is 14.3 Å². The predicted molar refractivity (Wildman–Crippen MR) is 52.3 cm³/mol. The van der Waals surface area contributed by atoms with Gasteiger partial charge in [-0.3, -0.25) is 9.59 Å². The van der Waals surface area contributed by atoms with Crippen molar-refractivity contribution >= 4 is 23.5 Å². The third-order valence-electron chi connectivity index (χ3n) is 1.92. The smallest absolute Gasteiger partial charge is 0.321 e. The molecule has 0 bridgehead atoms. The SMILES string of the molecule is CCCCC(Cl)C(C(=O)O)C(=O)OC. The maximum atomic E-state index is 11.1. The Hall–Kier alpha value is -0.770. The van der Waals surface area contributed by atoms with Crippen molar-refractivity contribution in [3.05, 3.63) is 0 Å². The largest absolute Gasteiger partial charge is 0.481 e. The summed E-state index contributed by atoms with van der Waals surface area (Å²) in [4.78, 5) is 21.8. The van der Waals surface area contributed by atoms with Crippen molar-refractivity contribution in [3.8, 4) is 0 Å². The molecule has 0 aromatic heterocycles. The number of ether oxygens (including phenoxy) is 1. The summed E-state index contributed by atoms with van der Waals surface area (Å²) in [6, 6.07) is 0. The van der Waals surface area contributed by atoms with E-state index in [0.29, 0.717) is 6.42 Å². The van der Waals surface area contributed by atoms with Gasteiger partial charge in [-0.2, -0.15) is 0 Å². The zero-order valence-corrected chi connectivity index (χ0v) is 9.08. The maximum Gasteiger partial charge on any atom is 0.321 e. The Morgan fingerprint density at radius 1 is 1.50 bits per heavy atom. The van der Waals surface area contributed by atoms with Gasteiger partial charge in [0.05, 0.1) is 12.5 Å². The summed E-state index contributed by atoms with van der Waals surface area (Å²) in [5, 5.41) is 8.06. The monoisotopic (exact) mass is 222 g/mol. The molecule has 2 atom stereocenters. The molecule has 0 saturated heterocycles. The van der Waals surface area contributed by atoms with E-state index in [1.54, 1.807) is 0 Å². The van der Waals surface area contributed by atoms with Crippen LogP contribution in [0.15, 0.2) is 0 Å². The number of carboxylic acid groups (broad SMARTS) is 1. The number of rotatable bonds is 6. The minimum Gasteiger partial charge on any atom is -0.481 e. The lowest BCUT2D eigenvalue weighted by Crippen LogP contribution is -2.33. The number of unbranched alkanes of at least 4 members (excludes halogenated alkanes) is 1. The number of carboxylic acids is 1. The van der Waals surface area contributed by atoms with E-state index in [1.165, 1.54) is 0 Å². The Balaban J connectivity index is 4.33. The van der Waals surface area contributed by atoms with Crippen molar-refractivity contribution < 1.29 is 19.4 Å². The molecule has 2 unspecified atom stereocenters. The van der Waals surface area contributed by atoms with Crippen molar-refractivity contribution in [2.75, 3.05) is 7.11 Å². The van der Waals surface area contributed by atoms with Gasteiger partial charge >= 0.3 is 11.9 Å². The molecular weight excluding hydrogens is 208 g/mol. The molecule has 1 N–H and O–H groups in total. The second kappa shape index (κ2) is 6.65. The van der Waals surface area contributed by atoms with Crippen LogP contribution in [0.25, 0.3) is 0 Å². The average Bonchev–Trinajstić information content (AvgIpc) is 2.14. The van der Waals surface area contributed by atoms with E-state index in [2.05, 4.69) is 4.74 Å². The molecule has 4 nitrogen and oxygen atoms in total. The first-order chi connectivity index (χ1) is 6.54. The van der Waals surface area contributed by atoms with Gasteiger partial charge < -0.3 is 9.84 Å². The molecule has 5 heteroatoms. The zero-order chi connectivity index (χ0) is 11.1.